The van der Waals surface area contributed by atoms with Crippen LogP contribution in [0.1, 0.15) is 28.4 Å². The number of halogens is 1. The molecule has 0 saturated heterocycles. The van der Waals surface area contributed by atoms with Crippen molar-refractivity contribution in [3.8, 4) is 11.5 Å². The van der Waals surface area contributed by atoms with E-state index in [1.165, 1.54) is 0 Å². The molecule has 0 aliphatic rings. The van der Waals surface area contributed by atoms with Gasteiger partial charge in [0.15, 0.2) is 5.78 Å². The van der Waals surface area contributed by atoms with E-state index in [2.05, 4.69) is 5.32 Å². The minimum absolute atomic E-state index is 0.0403. The molecular weight excluding hydrogens is 374 g/mol. The lowest BCUT2D eigenvalue weighted by Crippen LogP contribution is -2.16. The Labute approximate surface area is 170 Å². The molecule has 1 unspecified atom stereocenters. The van der Waals surface area contributed by atoms with Crippen LogP contribution in [0.5, 0.6) is 11.5 Å². The van der Waals surface area contributed by atoms with Gasteiger partial charge in [-0.15, -0.1) is 0 Å². The van der Waals surface area contributed by atoms with Crippen molar-refractivity contribution >= 4 is 23.1 Å². The number of rotatable bonds is 8. The molecule has 0 amide bonds. The Balaban J connectivity index is 1.83. The van der Waals surface area contributed by atoms with E-state index in [1.54, 1.807) is 38.5 Å². The summed E-state index contributed by atoms with van der Waals surface area (Å²) in [6.45, 7) is 0. The molecule has 0 spiro atoms. The van der Waals surface area contributed by atoms with Crippen LogP contribution >= 0.6 is 11.6 Å². The van der Waals surface area contributed by atoms with E-state index >= 15 is 0 Å². The molecule has 3 rings (SSSR count). The fraction of sp³-hybridized carbons (Fsp3) is 0.174. The lowest BCUT2D eigenvalue weighted by Gasteiger charge is -2.20. The highest BCUT2D eigenvalue weighted by Crippen LogP contribution is 2.27. The first kappa shape index (κ1) is 19.8. The third-order valence-corrected chi connectivity index (χ3v) is 4.76. The summed E-state index contributed by atoms with van der Waals surface area (Å²) in [5.74, 6) is 1.60. The SMILES string of the molecule is COc1ccc(NC(CC(=O)c2ccc(Cl)cc2)c2ccc(OC)cc2)cc1. The average molecular weight is 396 g/mol. The molecule has 1 N–H and O–H groups in total. The molecule has 0 radical (unpaired) electrons. The Bertz CT molecular complexity index is 906. The zero-order chi connectivity index (χ0) is 19.9. The summed E-state index contributed by atoms with van der Waals surface area (Å²) in [6, 6.07) is 22.1. The Kier molecular flexibility index (Phi) is 6.56. The van der Waals surface area contributed by atoms with Crippen LogP contribution in [0.2, 0.25) is 5.02 Å². The van der Waals surface area contributed by atoms with Crippen molar-refractivity contribution in [2.75, 3.05) is 19.5 Å². The van der Waals surface area contributed by atoms with Gasteiger partial charge in [0.25, 0.3) is 0 Å². The molecule has 0 saturated carbocycles. The van der Waals surface area contributed by atoms with Crippen LogP contribution in [0.4, 0.5) is 5.69 Å². The standard InChI is InChI=1S/C23H22ClNO3/c1-27-20-11-5-16(6-12-20)22(25-19-9-13-21(28-2)14-10-19)15-23(26)17-3-7-18(24)8-4-17/h3-14,22,25H,15H2,1-2H3. The fourth-order valence-electron chi connectivity index (χ4n) is 2.92. The van der Waals surface area contributed by atoms with E-state index in [9.17, 15) is 4.79 Å². The molecule has 0 aromatic heterocycles. The molecule has 3 aromatic carbocycles. The molecule has 28 heavy (non-hydrogen) atoms. The third-order valence-electron chi connectivity index (χ3n) is 4.50. The Morgan fingerprint density at radius 3 is 1.93 bits per heavy atom. The van der Waals surface area contributed by atoms with Crippen LogP contribution in [0, 0.1) is 0 Å². The third kappa shape index (κ3) is 5.05. The van der Waals surface area contributed by atoms with Gasteiger partial charge in [-0.1, -0.05) is 23.7 Å². The Morgan fingerprint density at radius 2 is 1.39 bits per heavy atom. The number of carbonyl (C=O) groups is 1. The Hall–Kier alpha value is -2.98. The molecule has 4 nitrogen and oxygen atoms in total. The van der Waals surface area contributed by atoms with Gasteiger partial charge in [-0.05, 0) is 66.2 Å². The quantitative estimate of drug-likeness (QED) is 0.491. The first-order valence-corrected chi connectivity index (χ1v) is 9.30. The van der Waals surface area contributed by atoms with Crippen LogP contribution in [-0.4, -0.2) is 20.0 Å². The van der Waals surface area contributed by atoms with Crippen molar-refractivity contribution in [3.05, 3.63) is 88.9 Å². The van der Waals surface area contributed by atoms with Crippen LogP contribution in [0.25, 0.3) is 0 Å². The number of hydrogen-bond donors (Lipinski definition) is 1. The molecule has 0 fully saturated rings. The zero-order valence-electron chi connectivity index (χ0n) is 15.8. The summed E-state index contributed by atoms with van der Waals surface area (Å²) >= 11 is 5.93. The summed E-state index contributed by atoms with van der Waals surface area (Å²) < 4.78 is 10.5. The van der Waals surface area contributed by atoms with Crippen molar-refractivity contribution in [1.82, 2.24) is 0 Å². The summed E-state index contributed by atoms with van der Waals surface area (Å²) in [5.41, 5.74) is 2.55. The van der Waals surface area contributed by atoms with Gasteiger partial charge in [-0.3, -0.25) is 4.79 Å². The van der Waals surface area contributed by atoms with E-state index in [-0.39, 0.29) is 11.8 Å². The van der Waals surface area contributed by atoms with Crippen molar-refractivity contribution < 1.29 is 14.3 Å². The molecule has 5 heteroatoms. The number of ether oxygens (including phenoxy) is 2. The number of methoxy groups -OCH3 is 2. The van der Waals surface area contributed by atoms with Crippen molar-refractivity contribution in [2.45, 2.75) is 12.5 Å². The minimum atomic E-state index is -0.192. The molecular formula is C23H22ClNO3. The highest BCUT2D eigenvalue weighted by molar-refractivity contribution is 6.30. The number of carbonyl (C=O) groups excluding carboxylic acids is 1. The van der Waals surface area contributed by atoms with E-state index in [0.29, 0.717) is 17.0 Å². The summed E-state index contributed by atoms with van der Waals surface area (Å²) in [6.07, 6.45) is 0.306. The van der Waals surface area contributed by atoms with Gasteiger partial charge < -0.3 is 14.8 Å². The molecule has 0 aliphatic carbocycles. The Morgan fingerprint density at radius 1 is 0.857 bits per heavy atom. The summed E-state index contributed by atoms with van der Waals surface area (Å²) in [5, 5.41) is 4.06. The van der Waals surface area contributed by atoms with E-state index in [4.69, 9.17) is 21.1 Å². The summed E-state index contributed by atoms with van der Waals surface area (Å²) in [4.78, 5) is 12.8. The number of hydrogen-bond acceptors (Lipinski definition) is 4. The largest absolute Gasteiger partial charge is 0.497 e. The highest BCUT2D eigenvalue weighted by Gasteiger charge is 2.18. The molecule has 144 valence electrons. The van der Waals surface area contributed by atoms with E-state index < -0.39 is 0 Å². The van der Waals surface area contributed by atoms with Crippen molar-refractivity contribution in [3.63, 3.8) is 0 Å². The van der Waals surface area contributed by atoms with Gasteiger partial charge in [-0.25, -0.2) is 0 Å². The first-order chi connectivity index (χ1) is 13.6. The van der Waals surface area contributed by atoms with Crippen LogP contribution < -0.4 is 14.8 Å². The van der Waals surface area contributed by atoms with Gasteiger partial charge in [0.05, 0.1) is 20.3 Å². The van der Waals surface area contributed by atoms with E-state index in [1.807, 2.05) is 48.5 Å². The van der Waals surface area contributed by atoms with E-state index in [0.717, 1.165) is 22.7 Å². The van der Waals surface area contributed by atoms with Crippen LogP contribution in [0.3, 0.4) is 0 Å². The number of ketones is 1. The van der Waals surface area contributed by atoms with Crippen molar-refractivity contribution in [2.24, 2.45) is 0 Å². The van der Waals surface area contributed by atoms with Gasteiger partial charge in [0.1, 0.15) is 11.5 Å². The maximum absolute atomic E-state index is 12.8. The highest BCUT2D eigenvalue weighted by atomic mass is 35.5. The smallest absolute Gasteiger partial charge is 0.165 e. The fourth-order valence-corrected chi connectivity index (χ4v) is 3.04. The molecule has 0 aliphatic heterocycles. The molecule has 0 bridgehead atoms. The normalized spacial score (nSPS) is 11.5. The van der Waals surface area contributed by atoms with Gasteiger partial charge in [0.2, 0.25) is 0 Å². The molecule has 1 atom stereocenters. The average Bonchev–Trinajstić information content (AvgIpc) is 2.74. The number of benzene rings is 3. The van der Waals surface area contributed by atoms with Crippen molar-refractivity contribution in [1.29, 1.82) is 0 Å². The number of nitrogens with one attached hydrogen (secondary N) is 1. The topological polar surface area (TPSA) is 47.6 Å². The van der Waals surface area contributed by atoms with Gasteiger partial charge >= 0.3 is 0 Å². The van der Waals surface area contributed by atoms with Gasteiger partial charge in [-0.2, -0.15) is 0 Å². The lowest BCUT2D eigenvalue weighted by atomic mass is 9.97. The maximum atomic E-state index is 12.8. The monoisotopic (exact) mass is 395 g/mol. The first-order valence-electron chi connectivity index (χ1n) is 8.92. The second kappa shape index (κ2) is 9.29. The summed E-state index contributed by atoms with van der Waals surface area (Å²) in [7, 11) is 3.26. The molecule has 3 aromatic rings. The maximum Gasteiger partial charge on any atom is 0.165 e. The zero-order valence-corrected chi connectivity index (χ0v) is 16.6. The predicted octanol–water partition coefficient (Wildman–Crippen LogP) is 5.78. The number of Topliss-reactive ketones (excluding diaryl/α,β-unsaturated/α-hetero) is 1. The van der Waals surface area contributed by atoms with Crippen LogP contribution in [-0.2, 0) is 0 Å². The minimum Gasteiger partial charge on any atom is -0.497 e. The number of anilines is 1. The lowest BCUT2D eigenvalue weighted by molar-refractivity contribution is 0.0976. The van der Waals surface area contributed by atoms with Gasteiger partial charge in [0, 0.05) is 22.7 Å². The van der Waals surface area contributed by atoms with Crippen LogP contribution in [0.15, 0.2) is 72.8 Å². The predicted molar refractivity (Wildman–Crippen MR) is 113 cm³/mol. The second-order valence-corrected chi connectivity index (χ2v) is 6.77. The second-order valence-electron chi connectivity index (χ2n) is 6.33. The molecule has 0 heterocycles.